The van der Waals surface area contributed by atoms with Crippen molar-refractivity contribution in [3.8, 4) is 5.75 Å². The third kappa shape index (κ3) is 3.32. The minimum Gasteiger partial charge on any atom is -0.486 e. The maximum atomic E-state index is 5.77. The molecular weight excluding hydrogens is 192 g/mol. The Morgan fingerprint density at radius 3 is 2.67 bits per heavy atom. The third-order valence-corrected chi connectivity index (χ3v) is 2.14. The van der Waals surface area contributed by atoms with Crippen molar-refractivity contribution in [2.75, 3.05) is 25.2 Å². The number of hydrogen-bond acceptors (Lipinski definition) is 4. The zero-order chi connectivity index (χ0) is 11.3. The Labute approximate surface area is 90.2 Å². The van der Waals surface area contributed by atoms with E-state index < -0.39 is 0 Å². The Morgan fingerprint density at radius 1 is 1.33 bits per heavy atom. The molecule has 0 spiro atoms. The SMILES string of the molecule is CCC(COC)Oc1cc(N)ccc1N. The smallest absolute Gasteiger partial charge is 0.144 e. The molecule has 1 atom stereocenters. The van der Waals surface area contributed by atoms with Crippen LogP contribution in [0.4, 0.5) is 11.4 Å². The van der Waals surface area contributed by atoms with Gasteiger partial charge in [0, 0.05) is 18.9 Å². The molecule has 1 aromatic carbocycles. The summed E-state index contributed by atoms with van der Waals surface area (Å²) in [5.74, 6) is 0.624. The third-order valence-electron chi connectivity index (χ3n) is 2.14. The number of nitrogen functional groups attached to an aromatic ring is 2. The van der Waals surface area contributed by atoms with Crippen molar-refractivity contribution < 1.29 is 9.47 Å². The van der Waals surface area contributed by atoms with E-state index in [-0.39, 0.29) is 6.10 Å². The van der Waals surface area contributed by atoms with Gasteiger partial charge in [-0.05, 0) is 18.6 Å². The van der Waals surface area contributed by atoms with Gasteiger partial charge in [0.25, 0.3) is 0 Å². The molecule has 0 bridgehead atoms. The maximum absolute atomic E-state index is 5.77. The number of anilines is 2. The van der Waals surface area contributed by atoms with E-state index in [0.717, 1.165) is 6.42 Å². The van der Waals surface area contributed by atoms with Crippen molar-refractivity contribution in [3.05, 3.63) is 18.2 Å². The number of methoxy groups -OCH3 is 1. The molecule has 0 aliphatic carbocycles. The molecule has 0 aliphatic heterocycles. The summed E-state index contributed by atoms with van der Waals surface area (Å²) in [4.78, 5) is 0. The number of hydrogen-bond donors (Lipinski definition) is 2. The fourth-order valence-corrected chi connectivity index (χ4v) is 1.25. The lowest BCUT2D eigenvalue weighted by molar-refractivity contribution is 0.0793. The molecule has 0 radical (unpaired) electrons. The molecule has 4 nitrogen and oxygen atoms in total. The van der Waals surface area contributed by atoms with Crippen molar-refractivity contribution in [1.29, 1.82) is 0 Å². The van der Waals surface area contributed by atoms with Crippen molar-refractivity contribution in [2.24, 2.45) is 0 Å². The highest BCUT2D eigenvalue weighted by molar-refractivity contribution is 5.59. The lowest BCUT2D eigenvalue weighted by Gasteiger charge is -2.18. The van der Waals surface area contributed by atoms with E-state index in [1.54, 1.807) is 25.3 Å². The number of ether oxygens (including phenoxy) is 2. The van der Waals surface area contributed by atoms with Gasteiger partial charge in [0.05, 0.1) is 12.3 Å². The van der Waals surface area contributed by atoms with E-state index in [2.05, 4.69) is 0 Å². The molecule has 0 fully saturated rings. The van der Waals surface area contributed by atoms with Gasteiger partial charge in [0.15, 0.2) is 0 Å². The molecule has 0 aromatic heterocycles. The maximum Gasteiger partial charge on any atom is 0.144 e. The molecule has 4 N–H and O–H groups in total. The molecule has 1 rings (SSSR count). The minimum absolute atomic E-state index is 0.0131. The van der Waals surface area contributed by atoms with Crippen LogP contribution in [0.15, 0.2) is 18.2 Å². The van der Waals surface area contributed by atoms with Crippen LogP contribution in [-0.2, 0) is 4.74 Å². The molecule has 0 amide bonds. The van der Waals surface area contributed by atoms with E-state index in [9.17, 15) is 0 Å². The van der Waals surface area contributed by atoms with Gasteiger partial charge in [0.2, 0.25) is 0 Å². The summed E-state index contributed by atoms with van der Waals surface area (Å²) in [6.45, 7) is 2.58. The second-order valence-electron chi connectivity index (χ2n) is 3.40. The molecule has 15 heavy (non-hydrogen) atoms. The molecule has 84 valence electrons. The molecule has 0 saturated carbocycles. The van der Waals surface area contributed by atoms with Crippen LogP contribution in [0, 0.1) is 0 Å². The number of benzene rings is 1. The topological polar surface area (TPSA) is 70.5 Å². The summed E-state index contributed by atoms with van der Waals surface area (Å²) in [6, 6.07) is 5.22. The Kier molecular flexibility index (Phi) is 4.24. The van der Waals surface area contributed by atoms with Gasteiger partial charge >= 0.3 is 0 Å². The molecule has 4 heteroatoms. The lowest BCUT2D eigenvalue weighted by atomic mass is 10.2. The Hall–Kier alpha value is -1.42. The van der Waals surface area contributed by atoms with Crippen molar-refractivity contribution in [3.63, 3.8) is 0 Å². The quantitative estimate of drug-likeness (QED) is 0.725. The monoisotopic (exact) mass is 210 g/mol. The van der Waals surface area contributed by atoms with Gasteiger partial charge in [-0.15, -0.1) is 0 Å². The van der Waals surface area contributed by atoms with Gasteiger partial charge in [-0.2, -0.15) is 0 Å². The fraction of sp³-hybridized carbons (Fsp3) is 0.455. The predicted octanol–water partition coefficient (Wildman–Crippen LogP) is 1.65. The van der Waals surface area contributed by atoms with Crippen LogP contribution in [0.3, 0.4) is 0 Å². The van der Waals surface area contributed by atoms with Crippen LogP contribution < -0.4 is 16.2 Å². The Balaban J connectivity index is 2.73. The highest BCUT2D eigenvalue weighted by Gasteiger charge is 2.09. The Morgan fingerprint density at radius 2 is 2.07 bits per heavy atom. The molecule has 0 saturated heterocycles. The minimum atomic E-state index is 0.0131. The van der Waals surface area contributed by atoms with Crippen LogP contribution in [0.5, 0.6) is 5.75 Å². The normalized spacial score (nSPS) is 12.4. The fourth-order valence-electron chi connectivity index (χ4n) is 1.25. The molecular formula is C11H18N2O2. The lowest BCUT2D eigenvalue weighted by Crippen LogP contribution is -2.21. The van der Waals surface area contributed by atoms with E-state index in [1.807, 2.05) is 6.92 Å². The second kappa shape index (κ2) is 5.46. The summed E-state index contributed by atoms with van der Waals surface area (Å²) in [5, 5.41) is 0. The second-order valence-corrected chi connectivity index (χ2v) is 3.40. The first-order chi connectivity index (χ1) is 7.17. The Bertz CT molecular complexity index is 315. The van der Waals surface area contributed by atoms with Crippen molar-refractivity contribution in [1.82, 2.24) is 0 Å². The van der Waals surface area contributed by atoms with Gasteiger partial charge in [-0.25, -0.2) is 0 Å². The van der Waals surface area contributed by atoms with Crippen LogP contribution in [0.25, 0.3) is 0 Å². The summed E-state index contributed by atoms with van der Waals surface area (Å²) < 4.78 is 10.7. The van der Waals surface area contributed by atoms with E-state index in [1.165, 1.54) is 0 Å². The van der Waals surface area contributed by atoms with E-state index in [4.69, 9.17) is 20.9 Å². The molecule has 1 unspecified atom stereocenters. The van der Waals surface area contributed by atoms with Gasteiger partial charge in [-0.1, -0.05) is 6.92 Å². The van der Waals surface area contributed by atoms with E-state index in [0.29, 0.717) is 23.7 Å². The molecule has 1 aromatic rings. The van der Waals surface area contributed by atoms with E-state index >= 15 is 0 Å². The summed E-state index contributed by atoms with van der Waals surface area (Å²) in [7, 11) is 1.65. The van der Waals surface area contributed by atoms with Gasteiger partial charge in [0.1, 0.15) is 11.9 Å². The van der Waals surface area contributed by atoms with Crippen molar-refractivity contribution in [2.45, 2.75) is 19.4 Å². The van der Waals surface area contributed by atoms with Crippen LogP contribution in [0.2, 0.25) is 0 Å². The van der Waals surface area contributed by atoms with Gasteiger partial charge in [-0.3, -0.25) is 0 Å². The molecule has 0 heterocycles. The van der Waals surface area contributed by atoms with Crippen LogP contribution >= 0.6 is 0 Å². The predicted molar refractivity (Wildman–Crippen MR) is 61.8 cm³/mol. The number of rotatable bonds is 5. The first-order valence-electron chi connectivity index (χ1n) is 4.98. The highest BCUT2D eigenvalue weighted by Crippen LogP contribution is 2.25. The summed E-state index contributed by atoms with van der Waals surface area (Å²) >= 11 is 0. The van der Waals surface area contributed by atoms with Crippen molar-refractivity contribution >= 4 is 11.4 Å². The number of nitrogens with two attached hydrogens (primary N) is 2. The first-order valence-corrected chi connectivity index (χ1v) is 4.98. The average Bonchev–Trinajstić information content (AvgIpc) is 2.22. The standard InChI is InChI=1S/C11H18N2O2/c1-3-9(7-14-2)15-11-6-8(12)4-5-10(11)13/h4-6,9H,3,7,12-13H2,1-2H3. The van der Waals surface area contributed by atoms with Crippen LogP contribution in [-0.4, -0.2) is 19.8 Å². The first kappa shape index (κ1) is 11.7. The zero-order valence-electron chi connectivity index (χ0n) is 9.19. The zero-order valence-corrected chi connectivity index (χ0v) is 9.19. The largest absolute Gasteiger partial charge is 0.486 e. The average molecular weight is 210 g/mol. The summed E-state index contributed by atoms with van der Waals surface area (Å²) in [6.07, 6.45) is 0.876. The highest BCUT2D eigenvalue weighted by atomic mass is 16.5. The van der Waals surface area contributed by atoms with Crippen LogP contribution in [0.1, 0.15) is 13.3 Å². The van der Waals surface area contributed by atoms with Gasteiger partial charge < -0.3 is 20.9 Å². The summed E-state index contributed by atoms with van der Waals surface area (Å²) in [5.41, 5.74) is 12.7. The molecule has 0 aliphatic rings.